The number of aromatic amines is 1. The van der Waals surface area contributed by atoms with Crippen molar-refractivity contribution < 1.29 is 4.79 Å². The second-order valence-corrected chi connectivity index (χ2v) is 6.80. The maximum atomic E-state index is 12.0. The van der Waals surface area contributed by atoms with Crippen LogP contribution in [0.15, 0.2) is 6.20 Å². The number of hydrogen-bond acceptors (Lipinski definition) is 4. The molecule has 0 bridgehead atoms. The minimum Gasteiger partial charge on any atom is -0.355 e. The van der Waals surface area contributed by atoms with Crippen LogP contribution in [0, 0.1) is 6.92 Å². The van der Waals surface area contributed by atoms with Gasteiger partial charge in [-0.1, -0.05) is 0 Å². The first-order valence-electron chi connectivity index (χ1n) is 7.45. The molecule has 0 saturated heterocycles. The molecule has 0 saturated carbocycles. The molecule has 2 aromatic heterocycles. The van der Waals surface area contributed by atoms with E-state index in [4.69, 9.17) is 0 Å². The van der Waals surface area contributed by atoms with Gasteiger partial charge in [-0.3, -0.25) is 9.89 Å². The fraction of sp³-hybridized carbons (Fsp3) is 0.533. The molecule has 0 aromatic carbocycles. The average Bonchev–Trinajstić information content (AvgIpc) is 3.06. The minimum absolute atomic E-state index is 0.0446. The Morgan fingerprint density at radius 1 is 1.43 bits per heavy atom. The average molecular weight is 304 g/mol. The molecule has 0 unspecified atom stereocenters. The van der Waals surface area contributed by atoms with Crippen molar-refractivity contribution in [2.24, 2.45) is 0 Å². The molecule has 2 N–H and O–H groups in total. The molecule has 1 amide bonds. The summed E-state index contributed by atoms with van der Waals surface area (Å²) >= 11 is 1.68. The van der Waals surface area contributed by atoms with Gasteiger partial charge in [-0.15, -0.1) is 11.3 Å². The maximum Gasteiger partial charge on any atom is 0.226 e. The number of rotatable bonds is 5. The summed E-state index contributed by atoms with van der Waals surface area (Å²) in [5.74, 6) is 0.0446. The lowest BCUT2D eigenvalue weighted by Crippen LogP contribution is -2.27. The van der Waals surface area contributed by atoms with Gasteiger partial charge in [-0.2, -0.15) is 5.10 Å². The Labute approximate surface area is 128 Å². The van der Waals surface area contributed by atoms with Crippen LogP contribution in [-0.2, 0) is 30.5 Å². The highest BCUT2D eigenvalue weighted by molar-refractivity contribution is 7.11. The van der Waals surface area contributed by atoms with E-state index in [1.165, 1.54) is 29.0 Å². The van der Waals surface area contributed by atoms with E-state index in [0.717, 1.165) is 30.0 Å². The summed E-state index contributed by atoms with van der Waals surface area (Å²) < 4.78 is 0. The molecule has 112 valence electrons. The van der Waals surface area contributed by atoms with Gasteiger partial charge in [0, 0.05) is 29.7 Å². The number of carbonyl (C=O) groups excluding carboxylic acids is 1. The smallest absolute Gasteiger partial charge is 0.226 e. The first-order valence-corrected chi connectivity index (χ1v) is 8.27. The van der Waals surface area contributed by atoms with E-state index >= 15 is 0 Å². The van der Waals surface area contributed by atoms with Crippen LogP contribution < -0.4 is 5.32 Å². The van der Waals surface area contributed by atoms with Crippen molar-refractivity contribution in [3.05, 3.63) is 33.0 Å². The predicted molar refractivity (Wildman–Crippen MR) is 82.5 cm³/mol. The summed E-state index contributed by atoms with van der Waals surface area (Å²) in [6.07, 6.45) is 7.57. The number of hydrogen-bond donors (Lipinski definition) is 2. The molecule has 0 spiro atoms. The summed E-state index contributed by atoms with van der Waals surface area (Å²) in [6, 6.07) is 0. The Balaban J connectivity index is 1.49. The lowest BCUT2D eigenvalue weighted by Gasteiger charge is -2.11. The van der Waals surface area contributed by atoms with Crippen LogP contribution in [0.2, 0.25) is 0 Å². The van der Waals surface area contributed by atoms with E-state index in [1.54, 1.807) is 11.3 Å². The van der Waals surface area contributed by atoms with E-state index in [0.29, 0.717) is 13.0 Å². The van der Waals surface area contributed by atoms with Crippen LogP contribution in [-0.4, -0.2) is 27.6 Å². The molecule has 21 heavy (non-hydrogen) atoms. The second-order valence-electron chi connectivity index (χ2n) is 5.48. The van der Waals surface area contributed by atoms with E-state index in [9.17, 15) is 4.79 Å². The third kappa shape index (κ3) is 3.50. The SMILES string of the molecule is Cc1cnc(CCNC(=O)Cc2n[nH]c3c2CCCC3)s1. The molecule has 0 aliphatic heterocycles. The number of amides is 1. The Bertz CT molecular complexity index is 631. The molecule has 0 fully saturated rings. The first kappa shape index (κ1) is 14.3. The molecule has 1 aliphatic rings. The van der Waals surface area contributed by atoms with Crippen LogP contribution in [0.3, 0.4) is 0 Å². The molecule has 0 atom stereocenters. The summed E-state index contributed by atoms with van der Waals surface area (Å²) in [5, 5.41) is 11.4. The van der Waals surface area contributed by atoms with Crippen LogP contribution in [0.25, 0.3) is 0 Å². The summed E-state index contributed by atoms with van der Waals surface area (Å²) in [5.41, 5.74) is 3.42. The van der Waals surface area contributed by atoms with Gasteiger partial charge < -0.3 is 5.32 Å². The number of nitrogens with zero attached hydrogens (tertiary/aromatic N) is 2. The molecule has 3 rings (SSSR count). The lowest BCUT2D eigenvalue weighted by atomic mass is 9.95. The van der Waals surface area contributed by atoms with Crippen LogP contribution >= 0.6 is 11.3 Å². The number of H-pyrrole nitrogens is 1. The maximum absolute atomic E-state index is 12.0. The van der Waals surface area contributed by atoms with Crippen molar-refractivity contribution in [2.75, 3.05) is 6.54 Å². The van der Waals surface area contributed by atoms with Crippen molar-refractivity contribution in [3.8, 4) is 0 Å². The Morgan fingerprint density at radius 3 is 3.10 bits per heavy atom. The molecule has 6 heteroatoms. The van der Waals surface area contributed by atoms with E-state index in [2.05, 4.69) is 20.5 Å². The molecule has 5 nitrogen and oxygen atoms in total. The topological polar surface area (TPSA) is 70.7 Å². The van der Waals surface area contributed by atoms with Gasteiger partial charge >= 0.3 is 0 Å². The quantitative estimate of drug-likeness (QED) is 0.887. The third-order valence-electron chi connectivity index (χ3n) is 3.80. The first-order chi connectivity index (χ1) is 10.2. The van der Waals surface area contributed by atoms with Crippen molar-refractivity contribution in [1.29, 1.82) is 0 Å². The lowest BCUT2D eigenvalue weighted by molar-refractivity contribution is -0.120. The van der Waals surface area contributed by atoms with Gasteiger partial charge in [-0.05, 0) is 38.2 Å². The van der Waals surface area contributed by atoms with Crippen molar-refractivity contribution in [1.82, 2.24) is 20.5 Å². The number of fused-ring (bicyclic) bond motifs is 1. The van der Waals surface area contributed by atoms with Crippen LogP contribution in [0.1, 0.15) is 39.7 Å². The minimum atomic E-state index is 0.0446. The second kappa shape index (κ2) is 6.39. The molecule has 2 aromatic rings. The molecule has 0 radical (unpaired) electrons. The van der Waals surface area contributed by atoms with Crippen molar-refractivity contribution >= 4 is 17.2 Å². The largest absolute Gasteiger partial charge is 0.355 e. The molecule has 2 heterocycles. The van der Waals surface area contributed by atoms with Crippen molar-refractivity contribution in [2.45, 2.75) is 45.4 Å². The zero-order valence-corrected chi connectivity index (χ0v) is 13.1. The van der Waals surface area contributed by atoms with E-state index < -0.39 is 0 Å². The fourth-order valence-electron chi connectivity index (χ4n) is 2.74. The normalized spacial score (nSPS) is 14.0. The Kier molecular flexibility index (Phi) is 4.34. The summed E-state index contributed by atoms with van der Waals surface area (Å²) in [4.78, 5) is 17.5. The number of aromatic nitrogens is 3. The van der Waals surface area contributed by atoms with Gasteiger partial charge in [0.1, 0.15) is 0 Å². The Morgan fingerprint density at radius 2 is 2.29 bits per heavy atom. The molecular formula is C15H20N4OS. The standard InChI is InChI=1S/C15H20N4OS/c1-10-9-17-15(21-10)6-7-16-14(20)8-13-11-4-2-3-5-12(11)18-19-13/h9H,2-8H2,1H3,(H,16,20)(H,18,19). The zero-order valence-electron chi connectivity index (χ0n) is 12.2. The highest BCUT2D eigenvalue weighted by Gasteiger charge is 2.18. The summed E-state index contributed by atoms with van der Waals surface area (Å²) in [7, 11) is 0. The summed E-state index contributed by atoms with van der Waals surface area (Å²) in [6.45, 7) is 2.68. The van der Waals surface area contributed by atoms with Crippen molar-refractivity contribution in [3.63, 3.8) is 0 Å². The predicted octanol–water partition coefficient (Wildman–Crippen LogP) is 1.95. The van der Waals surface area contributed by atoms with E-state index in [-0.39, 0.29) is 5.91 Å². The molecule has 1 aliphatic carbocycles. The zero-order chi connectivity index (χ0) is 14.7. The molecular weight excluding hydrogens is 284 g/mol. The number of thiazole rings is 1. The van der Waals surface area contributed by atoms with Gasteiger partial charge in [-0.25, -0.2) is 4.98 Å². The highest BCUT2D eigenvalue weighted by Crippen LogP contribution is 2.22. The van der Waals surface area contributed by atoms with Gasteiger partial charge in [0.2, 0.25) is 5.91 Å². The number of aryl methyl sites for hydroxylation is 2. The third-order valence-corrected chi connectivity index (χ3v) is 4.77. The monoisotopic (exact) mass is 304 g/mol. The van der Waals surface area contributed by atoms with Crippen LogP contribution in [0.5, 0.6) is 0 Å². The number of nitrogens with one attached hydrogen (secondary N) is 2. The highest BCUT2D eigenvalue weighted by atomic mass is 32.1. The number of carbonyl (C=O) groups is 1. The van der Waals surface area contributed by atoms with Gasteiger partial charge in [0.15, 0.2) is 0 Å². The fourth-order valence-corrected chi connectivity index (χ4v) is 3.52. The Hall–Kier alpha value is -1.69. The van der Waals surface area contributed by atoms with Crippen LogP contribution in [0.4, 0.5) is 0 Å². The van der Waals surface area contributed by atoms with Gasteiger partial charge in [0.05, 0.1) is 17.1 Å². The van der Waals surface area contributed by atoms with E-state index in [1.807, 2.05) is 13.1 Å². The van der Waals surface area contributed by atoms with Gasteiger partial charge in [0.25, 0.3) is 0 Å².